The van der Waals surface area contributed by atoms with E-state index in [0.717, 1.165) is 0 Å². The molecule has 0 saturated carbocycles. The molecule has 0 saturated heterocycles. The van der Waals surface area contributed by atoms with Crippen LogP contribution in [0.5, 0.6) is 5.75 Å². The molecule has 0 fully saturated rings. The number of para-hydroxylation sites is 2. The molecule has 3 aromatic rings. The van der Waals surface area contributed by atoms with E-state index in [1.165, 1.54) is 4.88 Å². The second-order valence-electron chi connectivity index (χ2n) is 5.34. The largest absolute Gasteiger partial charge is 0.492 e. The van der Waals surface area contributed by atoms with Crippen LogP contribution in [0.3, 0.4) is 0 Å². The van der Waals surface area contributed by atoms with Gasteiger partial charge in [-0.2, -0.15) is 0 Å². The first kappa shape index (κ1) is 16.3. The predicted molar refractivity (Wildman–Crippen MR) is 97.7 cm³/mol. The molecule has 1 aromatic carbocycles. The van der Waals surface area contributed by atoms with Crippen molar-refractivity contribution >= 4 is 22.9 Å². The van der Waals surface area contributed by atoms with E-state index in [0.29, 0.717) is 24.5 Å². The lowest BCUT2D eigenvalue weighted by Gasteiger charge is -2.18. The fourth-order valence-corrected chi connectivity index (χ4v) is 3.45. The van der Waals surface area contributed by atoms with Crippen molar-refractivity contribution in [1.82, 2.24) is 4.57 Å². The molecule has 1 atom stereocenters. The Labute approximate surface area is 145 Å². The lowest BCUT2D eigenvalue weighted by molar-refractivity contribution is -0.116. The molecule has 4 nitrogen and oxygen atoms in total. The Kier molecular flexibility index (Phi) is 5.33. The molecule has 5 heteroatoms. The Balaban J connectivity index is 1.75. The number of benzene rings is 1. The number of nitrogens with zero attached hydrogens (tertiary/aromatic N) is 1. The molecule has 124 valence electrons. The number of carbonyl (C=O) groups excluding carboxylic acids is 1. The van der Waals surface area contributed by atoms with Gasteiger partial charge >= 0.3 is 0 Å². The van der Waals surface area contributed by atoms with Gasteiger partial charge in [0.15, 0.2) is 0 Å². The van der Waals surface area contributed by atoms with Gasteiger partial charge in [-0.1, -0.05) is 18.2 Å². The van der Waals surface area contributed by atoms with Gasteiger partial charge in [0.25, 0.3) is 0 Å². The number of nitrogens with one attached hydrogen (secondary N) is 1. The van der Waals surface area contributed by atoms with E-state index in [9.17, 15) is 4.79 Å². The first-order chi connectivity index (χ1) is 11.8. The molecule has 0 aliphatic carbocycles. The zero-order valence-corrected chi connectivity index (χ0v) is 14.3. The summed E-state index contributed by atoms with van der Waals surface area (Å²) < 4.78 is 7.64. The molecule has 0 aliphatic heterocycles. The van der Waals surface area contributed by atoms with Gasteiger partial charge in [-0.15, -0.1) is 11.3 Å². The maximum atomic E-state index is 12.6. The molecule has 0 aliphatic rings. The van der Waals surface area contributed by atoms with Crippen LogP contribution in [0.2, 0.25) is 0 Å². The summed E-state index contributed by atoms with van der Waals surface area (Å²) in [6.07, 6.45) is 4.35. The third kappa shape index (κ3) is 3.86. The number of carbonyl (C=O) groups is 1. The van der Waals surface area contributed by atoms with Crippen molar-refractivity contribution in [1.29, 1.82) is 0 Å². The van der Waals surface area contributed by atoms with Gasteiger partial charge in [0.2, 0.25) is 5.91 Å². The van der Waals surface area contributed by atoms with E-state index >= 15 is 0 Å². The minimum atomic E-state index is -0.0331. The van der Waals surface area contributed by atoms with Crippen LogP contribution in [0, 0.1) is 0 Å². The number of hydrogen-bond donors (Lipinski definition) is 1. The molecule has 1 amide bonds. The minimum absolute atomic E-state index is 0.000689. The van der Waals surface area contributed by atoms with Crippen molar-refractivity contribution < 1.29 is 9.53 Å². The van der Waals surface area contributed by atoms with Crippen LogP contribution in [-0.2, 0) is 4.79 Å². The lowest BCUT2D eigenvalue weighted by Crippen LogP contribution is -2.19. The van der Waals surface area contributed by atoms with E-state index in [1.807, 2.05) is 67.2 Å². The monoisotopic (exact) mass is 340 g/mol. The Morgan fingerprint density at radius 3 is 2.67 bits per heavy atom. The molecule has 2 aromatic heterocycles. The highest BCUT2D eigenvalue weighted by Gasteiger charge is 2.19. The van der Waals surface area contributed by atoms with E-state index in [4.69, 9.17) is 4.74 Å². The quantitative estimate of drug-likeness (QED) is 0.685. The van der Waals surface area contributed by atoms with Crippen LogP contribution >= 0.6 is 11.3 Å². The van der Waals surface area contributed by atoms with Crippen LogP contribution in [-0.4, -0.2) is 17.1 Å². The third-order valence-electron chi connectivity index (χ3n) is 3.70. The average molecular weight is 340 g/mol. The zero-order valence-electron chi connectivity index (χ0n) is 13.5. The van der Waals surface area contributed by atoms with Gasteiger partial charge in [-0.3, -0.25) is 4.79 Å². The number of hydrogen-bond acceptors (Lipinski definition) is 3. The first-order valence-electron chi connectivity index (χ1n) is 7.95. The van der Waals surface area contributed by atoms with Gasteiger partial charge in [-0.25, -0.2) is 0 Å². The fourth-order valence-electron chi connectivity index (χ4n) is 2.62. The maximum Gasteiger partial charge on any atom is 0.226 e. The van der Waals surface area contributed by atoms with Crippen molar-refractivity contribution in [3.8, 4) is 5.75 Å². The number of thiophene rings is 1. The summed E-state index contributed by atoms with van der Waals surface area (Å²) in [5, 5.41) is 5.01. The molecule has 0 spiro atoms. The number of amides is 1. The Hall–Kier alpha value is -2.53. The van der Waals surface area contributed by atoms with Gasteiger partial charge in [0, 0.05) is 17.3 Å². The third-order valence-corrected chi connectivity index (χ3v) is 4.67. The Morgan fingerprint density at radius 1 is 1.17 bits per heavy atom. The molecular formula is C19H20N2O2S. The van der Waals surface area contributed by atoms with Crippen molar-refractivity contribution in [2.45, 2.75) is 19.4 Å². The fraction of sp³-hybridized carbons (Fsp3) is 0.211. The lowest BCUT2D eigenvalue weighted by atomic mass is 10.1. The van der Waals surface area contributed by atoms with Crippen LogP contribution in [0.4, 0.5) is 5.69 Å². The van der Waals surface area contributed by atoms with Gasteiger partial charge in [-0.05, 0) is 42.6 Å². The van der Waals surface area contributed by atoms with Gasteiger partial charge in [0.1, 0.15) is 5.75 Å². The smallest absolute Gasteiger partial charge is 0.226 e. The normalized spacial score (nSPS) is 11.9. The second-order valence-corrected chi connectivity index (χ2v) is 6.32. The summed E-state index contributed by atoms with van der Waals surface area (Å²) in [5.41, 5.74) is 0.710. The summed E-state index contributed by atoms with van der Waals surface area (Å²) in [4.78, 5) is 13.8. The molecule has 3 rings (SSSR count). The van der Waals surface area contributed by atoms with Crippen molar-refractivity contribution in [3.05, 3.63) is 71.2 Å². The second kappa shape index (κ2) is 7.84. The highest BCUT2D eigenvalue weighted by molar-refractivity contribution is 7.10. The SMILES string of the molecule is CCOc1ccccc1NC(=O)C[C@H](c1cccs1)n1cccc1. The molecular weight excluding hydrogens is 320 g/mol. The Morgan fingerprint density at radius 2 is 1.96 bits per heavy atom. The van der Waals surface area contributed by atoms with Crippen molar-refractivity contribution in [2.24, 2.45) is 0 Å². The highest BCUT2D eigenvalue weighted by atomic mass is 32.1. The van der Waals surface area contributed by atoms with Crippen LogP contribution < -0.4 is 10.1 Å². The van der Waals surface area contributed by atoms with Crippen LogP contribution in [0.1, 0.15) is 24.3 Å². The topological polar surface area (TPSA) is 43.3 Å². The molecule has 2 heterocycles. The summed E-state index contributed by atoms with van der Waals surface area (Å²) in [6.45, 7) is 2.49. The average Bonchev–Trinajstić information content (AvgIpc) is 3.29. The number of rotatable bonds is 7. The summed E-state index contributed by atoms with van der Waals surface area (Å²) in [6, 6.07) is 15.5. The Bertz CT molecular complexity index is 732. The predicted octanol–water partition coefficient (Wildman–Crippen LogP) is 4.57. The van der Waals surface area contributed by atoms with Crippen molar-refractivity contribution in [3.63, 3.8) is 0 Å². The molecule has 0 unspecified atom stereocenters. The highest BCUT2D eigenvalue weighted by Crippen LogP contribution is 2.28. The molecule has 1 N–H and O–H groups in total. The summed E-state index contributed by atoms with van der Waals surface area (Å²) in [5.74, 6) is 0.663. The van der Waals surface area contributed by atoms with E-state index in [1.54, 1.807) is 11.3 Å². The van der Waals surface area contributed by atoms with Crippen LogP contribution in [0.15, 0.2) is 66.3 Å². The summed E-state index contributed by atoms with van der Waals surface area (Å²) in [7, 11) is 0. The van der Waals surface area contributed by atoms with E-state index < -0.39 is 0 Å². The molecule has 24 heavy (non-hydrogen) atoms. The van der Waals surface area contributed by atoms with Gasteiger partial charge in [0.05, 0.1) is 24.8 Å². The number of anilines is 1. The van der Waals surface area contributed by atoms with Crippen LogP contribution in [0.25, 0.3) is 0 Å². The first-order valence-corrected chi connectivity index (χ1v) is 8.83. The molecule has 0 bridgehead atoms. The minimum Gasteiger partial charge on any atom is -0.492 e. The maximum absolute atomic E-state index is 12.6. The van der Waals surface area contributed by atoms with E-state index in [-0.39, 0.29) is 11.9 Å². The van der Waals surface area contributed by atoms with E-state index in [2.05, 4.69) is 16.0 Å². The standard InChI is InChI=1S/C19H20N2O2S/c1-2-23-17-9-4-3-8-15(17)20-19(22)14-16(18-10-7-13-24-18)21-11-5-6-12-21/h3-13,16H,2,14H2,1H3,(H,20,22)/t16-/m1/s1. The zero-order chi connectivity index (χ0) is 16.8. The number of aromatic nitrogens is 1. The van der Waals surface area contributed by atoms with Crippen molar-refractivity contribution in [2.75, 3.05) is 11.9 Å². The number of ether oxygens (including phenoxy) is 1. The summed E-state index contributed by atoms with van der Waals surface area (Å²) >= 11 is 1.66. The van der Waals surface area contributed by atoms with Gasteiger partial charge < -0.3 is 14.6 Å². The molecule has 0 radical (unpaired) electrons.